The number of nitriles is 1. The summed E-state index contributed by atoms with van der Waals surface area (Å²) in [6, 6.07) is 10.3. The Balaban J connectivity index is 1.54. The fraction of sp³-hybridized carbons (Fsp3) is 0.682. The molecule has 0 bridgehead atoms. The Labute approximate surface area is 143 Å². The summed E-state index contributed by atoms with van der Waals surface area (Å²) in [6.07, 6.45) is 16.9. The van der Waals surface area contributed by atoms with E-state index in [0.29, 0.717) is 0 Å². The van der Waals surface area contributed by atoms with Crippen LogP contribution in [0.4, 0.5) is 0 Å². The summed E-state index contributed by atoms with van der Waals surface area (Å²) in [6.45, 7) is 2.30. The van der Waals surface area contributed by atoms with Crippen LogP contribution >= 0.6 is 0 Å². The van der Waals surface area contributed by atoms with E-state index in [2.05, 4.69) is 25.1 Å². The van der Waals surface area contributed by atoms with Gasteiger partial charge in [0, 0.05) is 0 Å². The highest BCUT2D eigenvalue weighted by Gasteiger charge is 2.20. The standard InChI is InChI=1S/C22H33N/c1-2-3-4-7-19-10-12-20(13-11-19)8-5-6-9-21-14-16-22(18-23)17-15-21/h14-17,19-20H,2-13H2,1H3. The van der Waals surface area contributed by atoms with Gasteiger partial charge in [0.1, 0.15) is 0 Å². The van der Waals surface area contributed by atoms with Crippen LogP contribution in [0.15, 0.2) is 24.3 Å². The highest BCUT2D eigenvalue weighted by Crippen LogP contribution is 2.34. The first-order valence-electron chi connectivity index (χ1n) is 9.81. The first-order chi connectivity index (χ1) is 11.3. The van der Waals surface area contributed by atoms with Gasteiger partial charge in [-0.05, 0) is 42.4 Å². The highest BCUT2D eigenvalue weighted by molar-refractivity contribution is 5.31. The van der Waals surface area contributed by atoms with E-state index in [9.17, 15) is 0 Å². The summed E-state index contributed by atoms with van der Waals surface area (Å²) >= 11 is 0. The van der Waals surface area contributed by atoms with E-state index < -0.39 is 0 Å². The number of aryl methyl sites for hydroxylation is 1. The molecule has 1 fully saturated rings. The topological polar surface area (TPSA) is 23.8 Å². The van der Waals surface area contributed by atoms with Crippen LogP contribution in [0.1, 0.15) is 88.7 Å². The van der Waals surface area contributed by atoms with E-state index in [1.165, 1.54) is 76.2 Å². The van der Waals surface area contributed by atoms with Crippen LogP contribution < -0.4 is 0 Å². The van der Waals surface area contributed by atoms with E-state index in [-0.39, 0.29) is 0 Å². The van der Waals surface area contributed by atoms with Crippen molar-refractivity contribution in [3.05, 3.63) is 35.4 Å². The van der Waals surface area contributed by atoms with Crippen LogP contribution in [0.3, 0.4) is 0 Å². The van der Waals surface area contributed by atoms with E-state index >= 15 is 0 Å². The molecule has 0 aromatic heterocycles. The van der Waals surface area contributed by atoms with Crippen molar-refractivity contribution in [1.82, 2.24) is 0 Å². The lowest BCUT2D eigenvalue weighted by Gasteiger charge is -2.28. The third-order valence-corrected chi connectivity index (χ3v) is 5.59. The number of hydrogen-bond acceptors (Lipinski definition) is 1. The average molecular weight is 312 g/mol. The van der Waals surface area contributed by atoms with E-state index in [1.54, 1.807) is 0 Å². The zero-order chi connectivity index (χ0) is 16.3. The molecule has 0 saturated heterocycles. The molecule has 23 heavy (non-hydrogen) atoms. The van der Waals surface area contributed by atoms with Crippen molar-refractivity contribution in [2.45, 2.75) is 84.0 Å². The SMILES string of the molecule is CCCCCC1CCC(CCCCc2ccc(C#N)cc2)CC1. The van der Waals surface area contributed by atoms with Crippen molar-refractivity contribution in [3.8, 4) is 6.07 Å². The van der Waals surface area contributed by atoms with Gasteiger partial charge in [-0.1, -0.05) is 83.3 Å². The van der Waals surface area contributed by atoms with Gasteiger partial charge >= 0.3 is 0 Å². The van der Waals surface area contributed by atoms with E-state index in [0.717, 1.165) is 23.8 Å². The lowest BCUT2D eigenvalue weighted by molar-refractivity contribution is 0.245. The van der Waals surface area contributed by atoms with Crippen molar-refractivity contribution in [2.24, 2.45) is 11.8 Å². The predicted molar refractivity (Wildman–Crippen MR) is 98.3 cm³/mol. The minimum atomic E-state index is 0.768. The van der Waals surface area contributed by atoms with Gasteiger partial charge in [-0.3, -0.25) is 0 Å². The summed E-state index contributed by atoms with van der Waals surface area (Å²) in [5.41, 5.74) is 2.15. The lowest BCUT2D eigenvalue weighted by Crippen LogP contribution is -2.14. The smallest absolute Gasteiger partial charge is 0.0991 e. The molecule has 1 aliphatic rings. The largest absolute Gasteiger partial charge is 0.192 e. The van der Waals surface area contributed by atoms with Gasteiger partial charge in [-0.2, -0.15) is 5.26 Å². The zero-order valence-electron chi connectivity index (χ0n) is 14.9. The highest BCUT2D eigenvalue weighted by atomic mass is 14.3. The monoisotopic (exact) mass is 311 g/mol. The third kappa shape index (κ3) is 6.78. The molecule has 1 heteroatoms. The van der Waals surface area contributed by atoms with Gasteiger partial charge in [0.15, 0.2) is 0 Å². The minimum absolute atomic E-state index is 0.768. The predicted octanol–water partition coefficient (Wildman–Crippen LogP) is 6.66. The van der Waals surface area contributed by atoms with Crippen molar-refractivity contribution in [3.63, 3.8) is 0 Å². The molecule has 0 unspecified atom stereocenters. The van der Waals surface area contributed by atoms with Crippen molar-refractivity contribution < 1.29 is 0 Å². The molecular weight excluding hydrogens is 278 g/mol. The Kier molecular flexibility index (Phi) is 8.23. The Morgan fingerprint density at radius 2 is 1.43 bits per heavy atom. The number of rotatable bonds is 9. The summed E-state index contributed by atoms with van der Waals surface area (Å²) in [5, 5.41) is 8.82. The third-order valence-electron chi connectivity index (χ3n) is 5.59. The van der Waals surface area contributed by atoms with Crippen LogP contribution in [-0.2, 0) is 6.42 Å². The Hall–Kier alpha value is -1.29. The van der Waals surface area contributed by atoms with Crippen LogP contribution in [0.2, 0.25) is 0 Å². The maximum absolute atomic E-state index is 8.82. The first-order valence-corrected chi connectivity index (χ1v) is 9.81. The normalized spacial score (nSPS) is 21.0. The first kappa shape index (κ1) is 18.1. The maximum Gasteiger partial charge on any atom is 0.0991 e. The minimum Gasteiger partial charge on any atom is -0.192 e. The molecule has 1 aromatic rings. The fourth-order valence-corrected chi connectivity index (χ4v) is 4.00. The summed E-state index contributed by atoms with van der Waals surface area (Å²) in [7, 11) is 0. The molecule has 0 atom stereocenters. The Morgan fingerprint density at radius 1 is 0.870 bits per heavy atom. The van der Waals surface area contributed by atoms with Crippen molar-refractivity contribution in [1.29, 1.82) is 5.26 Å². The van der Waals surface area contributed by atoms with Gasteiger partial charge in [0.25, 0.3) is 0 Å². The summed E-state index contributed by atoms with van der Waals surface area (Å²) in [5.74, 6) is 2.04. The second kappa shape index (κ2) is 10.5. The van der Waals surface area contributed by atoms with Crippen molar-refractivity contribution >= 4 is 0 Å². The molecule has 0 spiro atoms. The fourth-order valence-electron chi connectivity index (χ4n) is 4.00. The van der Waals surface area contributed by atoms with Gasteiger partial charge in [-0.25, -0.2) is 0 Å². The molecule has 1 nitrogen and oxygen atoms in total. The number of unbranched alkanes of at least 4 members (excludes halogenated alkanes) is 3. The van der Waals surface area contributed by atoms with Gasteiger partial charge < -0.3 is 0 Å². The molecule has 1 saturated carbocycles. The molecular formula is C22H33N. The van der Waals surface area contributed by atoms with Crippen LogP contribution in [-0.4, -0.2) is 0 Å². The Morgan fingerprint density at radius 3 is 1.96 bits per heavy atom. The molecule has 1 aliphatic carbocycles. The zero-order valence-corrected chi connectivity index (χ0v) is 14.9. The molecule has 126 valence electrons. The average Bonchev–Trinajstić information content (AvgIpc) is 2.61. The van der Waals surface area contributed by atoms with Crippen LogP contribution in [0, 0.1) is 23.2 Å². The van der Waals surface area contributed by atoms with Crippen LogP contribution in [0.5, 0.6) is 0 Å². The van der Waals surface area contributed by atoms with Gasteiger partial charge in [0.2, 0.25) is 0 Å². The molecule has 0 heterocycles. The molecule has 0 aliphatic heterocycles. The molecule has 1 aromatic carbocycles. The molecule has 0 radical (unpaired) electrons. The maximum atomic E-state index is 8.82. The Bertz CT molecular complexity index is 460. The number of hydrogen-bond donors (Lipinski definition) is 0. The molecule has 2 rings (SSSR count). The second-order valence-corrected chi connectivity index (χ2v) is 7.44. The second-order valence-electron chi connectivity index (χ2n) is 7.44. The number of nitrogens with zero attached hydrogens (tertiary/aromatic N) is 1. The van der Waals surface area contributed by atoms with Crippen molar-refractivity contribution in [2.75, 3.05) is 0 Å². The van der Waals surface area contributed by atoms with Crippen LogP contribution in [0.25, 0.3) is 0 Å². The summed E-state index contributed by atoms with van der Waals surface area (Å²) in [4.78, 5) is 0. The quantitative estimate of drug-likeness (QED) is 0.468. The van der Waals surface area contributed by atoms with Gasteiger partial charge in [-0.15, -0.1) is 0 Å². The number of benzene rings is 1. The van der Waals surface area contributed by atoms with Gasteiger partial charge in [0.05, 0.1) is 11.6 Å². The molecule has 0 N–H and O–H groups in total. The lowest BCUT2D eigenvalue weighted by atomic mass is 9.78. The molecule has 0 amide bonds. The van der Waals surface area contributed by atoms with E-state index in [1.807, 2.05) is 12.1 Å². The summed E-state index contributed by atoms with van der Waals surface area (Å²) < 4.78 is 0. The van der Waals surface area contributed by atoms with E-state index in [4.69, 9.17) is 5.26 Å².